The fraction of sp³-hybridized carbons (Fsp3) is 0.333. The highest BCUT2D eigenvalue weighted by Crippen LogP contribution is 2.25. The van der Waals surface area contributed by atoms with Crippen LogP contribution in [0.15, 0.2) is 36.8 Å². The van der Waals surface area contributed by atoms with E-state index >= 15 is 0 Å². The Morgan fingerprint density at radius 3 is 2.90 bits per heavy atom. The van der Waals surface area contributed by atoms with Crippen LogP contribution in [0.3, 0.4) is 0 Å². The number of aromatic nitrogens is 2. The van der Waals surface area contributed by atoms with E-state index in [0.29, 0.717) is 24.3 Å². The molecular weight excluding hydrogens is 254 g/mol. The number of carbonyl (C=O) groups excluding carboxylic acids is 1. The van der Waals surface area contributed by atoms with Crippen molar-refractivity contribution in [3.05, 3.63) is 42.5 Å². The van der Waals surface area contributed by atoms with Crippen molar-refractivity contribution in [1.29, 1.82) is 0 Å². The number of ether oxygens (including phenoxy) is 1. The number of hydrogen-bond acceptors (Lipinski definition) is 3. The van der Waals surface area contributed by atoms with Crippen molar-refractivity contribution >= 4 is 11.6 Å². The number of rotatable bonds is 6. The van der Waals surface area contributed by atoms with Crippen molar-refractivity contribution in [2.24, 2.45) is 0 Å². The first-order valence-electron chi connectivity index (χ1n) is 6.68. The molecule has 1 amide bonds. The van der Waals surface area contributed by atoms with Crippen LogP contribution >= 0.6 is 0 Å². The van der Waals surface area contributed by atoms with Crippen molar-refractivity contribution < 1.29 is 9.53 Å². The summed E-state index contributed by atoms with van der Waals surface area (Å²) < 4.78 is 5.67. The lowest BCUT2D eigenvalue weighted by atomic mass is 10.2. The van der Waals surface area contributed by atoms with Crippen molar-refractivity contribution in [3.8, 4) is 5.75 Å². The molecule has 0 fully saturated rings. The molecule has 1 heterocycles. The second kappa shape index (κ2) is 6.75. The van der Waals surface area contributed by atoms with Gasteiger partial charge in [0, 0.05) is 18.3 Å². The van der Waals surface area contributed by atoms with Crippen molar-refractivity contribution in [3.63, 3.8) is 0 Å². The van der Waals surface area contributed by atoms with E-state index < -0.39 is 0 Å². The minimum atomic E-state index is -0.0422. The van der Waals surface area contributed by atoms with Crippen LogP contribution in [0.2, 0.25) is 0 Å². The number of hydrogen-bond donors (Lipinski definition) is 2. The average Bonchev–Trinajstić information content (AvgIpc) is 2.91. The minimum Gasteiger partial charge on any atom is -0.489 e. The summed E-state index contributed by atoms with van der Waals surface area (Å²) in [6, 6.07) is 7.45. The number of benzene rings is 1. The predicted octanol–water partition coefficient (Wildman–Crippen LogP) is 2.77. The number of aryl methyl sites for hydroxylation is 1. The fourth-order valence-electron chi connectivity index (χ4n) is 1.81. The molecule has 2 rings (SSSR count). The van der Waals surface area contributed by atoms with Crippen LogP contribution in [-0.4, -0.2) is 22.0 Å². The van der Waals surface area contributed by atoms with Gasteiger partial charge in [-0.25, -0.2) is 4.98 Å². The molecule has 5 nitrogen and oxygen atoms in total. The summed E-state index contributed by atoms with van der Waals surface area (Å²) in [5, 5.41) is 2.88. The van der Waals surface area contributed by atoms with Gasteiger partial charge in [0.2, 0.25) is 5.91 Å². The molecule has 20 heavy (non-hydrogen) atoms. The predicted molar refractivity (Wildman–Crippen MR) is 77.7 cm³/mol. The third-order valence-electron chi connectivity index (χ3n) is 2.70. The van der Waals surface area contributed by atoms with Gasteiger partial charge in [0.05, 0.1) is 18.1 Å². The van der Waals surface area contributed by atoms with Gasteiger partial charge in [-0.05, 0) is 32.4 Å². The molecule has 2 N–H and O–H groups in total. The van der Waals surface area contributed by atoms with Gasteiger partial charge < -0.3 is 15.0 Å². The number of imidazole rings is 1. The topological polar surface area (TPSA) is 67.0 Å². The number of nitrogens with zero attached hydrogens (tertiary/aromatic N) is 1. The Hall–Kier alpha value is -2.30. The Morgan fingerprint density at radius 2 is 2.20 bits per heavy atom. The van der Waals surface area contributed by atoms with Gasteiger partial charge in [0.15, 0.2) is 0 Å². The van der Waals surface area contributed by atoms with Gasteiger partial charge >= 0.3 is 0 Å². The smallest absolute Gasteiger partial charge is 0.224 e. The van der Waals surface area contributed by atoms with Gasteiger partial charge in [0.1, 0.15) is 5.75 Å². The van der Waals surface area contributed by atoms with E-state index in [9.17, 15) is 4.79 Å². The van der Waals surface area contributed by atoms with E-state index in [0.717, 1.165) is 5.69 Å². The zero-order valence-electron chi connectivity index (χ0n) is 11.7. The number of H-pyrrole nitrogens is 1. The van der Waals surface area contributed by atoms with E-state index in [2.05, 4.69) is 15.3 Å². The van der Waals surface area contributed by atoms with Crippen LogP contribution in [0.25, 0.3) is 0 Å². The van der Waals surface area contributed by atoms with Crippen LogP contribution in [0.5, 0.6) is 5.75 Å². The minimum absolute atomic E-state index is 0.0422. The molecule has 0 saturated carbocycles. The maximum atomic E-state index is 11.9. The lowest BCUT2D eigenvalue weighted by molar-refractivity contribution is -0.116. The summed E-state index contributed by atoms with van der Waals surface area (Å²) in [6.07, 6.45) is 4.44. The molecule has 1 aromatic heterocycles. The van der Waals surface area contributed by atoms with Gasteiger partial charge in [-0.15, -0.1) is 0 Å². The largest absolute Gasteiger partial charge is 0.489 e. The van der Waals surface area contributed by atoms with E-state index in [1.54, 1.807) is 12.5 Å². The molecule has 106 valence electrons. The van der Waals surface area contributed by atoms with Crippen LogP contribution in [0.4, 0.5) is 5.69 Å². The van der Waals surface area contributed by atoms with Crippen molar-refractivity contribution in [2.45, 2.75) is 32.8 Å². The highest BCUT2D eigenvalue weighted by Gasteiger charge is 2.09. The number of anilines is 1. The fourth-order valence-corrected chi connectivity index (χ4v) is 1.81. The van der Waals surface area contributed by atoms with Crippen LogP contribution in [0.1, 0.15) is 26.0 Å². The number of para-hydroxylation sites is 2. The third kappa shape index (κ3) is 4.12. The highest BCUT2D eigenvalue weighted by atomic mass is 16.5. The second-order valence-electron chi connectivity index (χ2n) is 4.79. The van der Waals surface area contributed by atoms with Crippen molar-refractivity contribution in [1.82, 2.24) is 9.97 Å². The molecule has 0 radical (unpaired) electrons. The molecule has 0 aliphatic rings. The summed E-state index contributed by atoms with van der Waals surface area (Å²) in [7, 11) is 0. The first-order chi connectivity index (χ1) is 9.65. The number of amides is 1. The van der Waals surface area contributed by atoms with Gasteiger partial charge in [0.25, 0.3) is 0 Å². The second-order valence-corrected chi connectivity index (χ2v) is 4.79. The molecule has 0 bridgehead atoms. The zero-order chi connectivity index (χ0) is 14.4. The third-order valence-corrected chi connectivity index (χ3v) is 2.70. The lowest BCUT2D eigenvalue weighted by Crippen LogP contribution is -2.14. The van der Waals surface area contributed by atoms with Crippen LogP contribution < -0.4 is 10.1 Å². The monoisotopic (exact) mass is 273 g/mol. The Labute approximate surface area is 118 Å². The van der Waals surface area contributed by atoms with E-state index in [-0.39, 0.29) is 12.0 Å². The average molecular weight is 273 g/mol. The van der Waals surface area contributed by atoms with Crippen LogP contribution in [-0.2, 0) is 11.2 Å². The number of carbonyl (C=O) groups is 1. The van der Waals surface area contributed by atoms with Crippen LogP contribution in [0, 0.1) is 0 Å². The highest BCUT2D eigenvalue weighted by molar-refractivity contribution is 5.92. The molecule has 0 aliphatic carbocycles. The van der Waals surface area contributed by atoms with Gasteiger partial charge in [-0.2, -0.15) is 0 Å². The molecule has 2 aromatic rings. The SMILES string of the molecule is CC(C)Oc1ccccc1NC(=O)CCc1cnc[nH]1. The van der Waals surface area contributed by atoms with E-state index in [1.165, 1.54) is 0 Å². The number of aromatic amines is 1. The molecule has 0 atom stereocenters. The summed E-state index contributed by atoms with van der Waals surface area (Å²) in [5.41, 5.74) is 1.66. The molecule has 0 unspecified atom stereocenters. The van der Waals surface area contributed by atoms with Gasteiger partial charge in [-0.1, -0.05) is 12.1 Å². The van der Waals surface area contributed by atoms with Gasteiger partial charge in [-0.3, -0.25) is 4.79 Å². The molecular formula is C15H19N3O2. The van der Waals surface area contributed by atoms with E-state index in [4.69, 9.17) is 4.74 Å². The molecule has 0 saturated heterocycles. The Morgan fingerprint density at radius 1 is 1.40 bits per heavy atom. The van der Waals surface area contributed by atoms with Crippen molar-refractivity contribution in [2.75, 3.05) is 5.32 Å². The summed E-state index contributed by atoms with van der Waals surface area (Å²) in [6.45, 7) is 3.91. The first-order valence-corrected chi connectivity index (χ1v) is 6.68. The molecule has 0 spiro atoms. The summed E-state index contributed by atoms with van der Waals surface area (Å²) >= 11 is 0. The standard InChI is InChI=1S/C15H19N3O2/c1-11(2)20-14-6-4-3-5-13(14)18-15(19)8-7-12-9-16-10-17-12/h3-6,9-11H,7-8H2,1-2H3,(H,16,17)(H,18,19). The van der Waals surface area contributed by atoms with E-state index in [1.807, 2.05) is 38.1 Å². The molecule has 5 heteroatoms. The first kappa shape index (κ1) is 14.1. The lowest BCUT2D eigenvalue weighted by Gasteiger charge is -2.14. The summed E-state index contributed by atoms with van der Waals surface area (Å²) in [5.74, 6) is 0.650. The quantitative estimate of drug-likeness (QED) is 0.850. The Kier molecular flexibility index (Phi) is 4.76. The maximum Gasteiger partial charge on any atom is 0.224 e. The molecule has 1 aromatic carbocycles. The molecule has 0 aliphatic heterocycles. The Bertz CT molecular complexity index is 550. The summed E-state index contributed by atoms with van der Waals surface area (Å²) in [4.78, 5) is 18.8. The normalized spacial score (nSPS) is 10.6. The zero-order valence-corrected chi connectivity index (χ0v) is 11.7. The number of nitrogens with one attached hydrogen (secondary N) is 2. The maximum absolute atomic E-state index is 11.9. The Balaban J connectivity index is 1.93.